The van der Waals surface area contributed by atoms with E-state index in [1.54, 1.807) is 11.8 Å². The molecule has 2 nitrogen and oxygen atoms in total. The van der Waals surface area contributed by atoms with Gasteiger partial charge in [-0.3, -0.25) is 4.79 Å². The molecule has 0 aliphatic rings. The first-order valence-corrected chi connectivity index (χ1v) is 7.21. The molecule has 0 aliphatic carbocycles. The lowest BCUT2D eigenvalue weighted by Crippen LogP contribution is -2.19. The predicted molar refractivity (Wildman–Crippen MR) is 73.0 cm³/mol. The molecule has 0 saturated heterocycles. The number of esters is 1. The van der Waals surface area contributed by atoms with Crippen molar-refractivity contribution in [3.8, 4) is 0 Å². The van der Waals surface area contributed by atoms with Crippen LogP contribution in [0, 0.1) is 5.92 Å². The highest BCUT2D eigenvalue weighted by Crippen LogP contribution is 2.18. The quantitative estimate of drug-likeness (QED) is 0.695. The SMILES string of the molecule is CCOC(=O)C(CC)CSCc1ccccc1. The average molecular weight is 252 g/mol. The largest absolute Gasteiger partial charge is 0.466 e. The first-order valence-electron chi connectivity index (χ1n) is 6.06. The second-order valence-corrected chi connectivity index (χ2v) is 4.89. The van der Waals surface area contributed by atoms with E-state index in [0.717, 1.165) is 17.9 Å². The standard InChI is InChI=1S/C14H20O2S/c1-3-13(14(15)16-4-2)11-17-10-12-8-6-5-7-9-12/h5-9,13H,3-4,10-11H2,1-2H3. The van der Waals surface area contributed by atoms with E-state index in [4.69, 9.17) is 4.74 Å². The molecule has 1 unspecified atom stereocenters. The van der Waals surface area contributed by atoms with Crippen LogP contribution in [0.1, 0.15) is 25.8 Å². The third-order valence-corrected chi connectivity index (χ3v) is 3.72. The minimum atomic E-state index is -0.0597. The molecule has 0 heterocycles. The van der Waals surface area contributed by atoms with E-state index in [0.29, 0.717) is 6.61 Å². The van der Waals surface area contributed by atoms with Crippen LogP contribution in [0.15, 0.2) is 30.3 Å². The fourth-order valence-electron chi connectivity index (χ4n) is 1.51. The molecule has 0 N–H and O–H groups in total. The summed E-state index contributed by atoms with van der Waals surface area (Å²) in [6.07, 6.45) is 0.848. The van der Waals surface area contributed by atoms with Gasteiger partial charge in [0.05, 0.1) is 12.5 Å². The molecule has 0 spiro atoms. The monoisotopic (exact) mass is 252 g/mol. The summed E-state index contributed by atoms with van der Waals surface area (Å²) in [6.45, 7) is 4.35. The zero-order valence-corrected chi connectivity index (χ0v) is 11.3. The second kappa shape index (κ2) is 8.18. The van der Waals surface area contributed by atoms with Crippen molar-refractivity contribution in [3.63, 3.8) is 0 Å². The van der Waals surface area contributed by atoms with Crippen molar-refractivity contribution in [1.82, 2.24) is 0 Å². The van der Waals surface area contributed by atoms with E-state index in [9.17, 15) is 4.79 Å². The molecule has 0 fully saturated rings. The molecular formula is C14H20O2S. The molecule has 0 amide bonds. The summed E-state index contributed by atoms with van der Waals surface area (Å²) in [5, 5.41) is 0. The van der Waals surface area contributed by atoms with Crippen LogP contribution in [0.4, 0.5) is 0 Å². The fraction of sp³-hybridized carbons (Fsp3) is 0.500. The molecule has 1 rings (SSSR count). The molecule has 94 valence electrons. The highest BCUT2D eigenvalue weighted by Gasteiger charge is 2.17. The molecule has 3 heteroatoms. The Morgan fingerprint density at radius 2 is 2.00 bits per heavy atom. The van der Waals surface area contributed by atoms with Crippen LogP contribution >= 0.6 is 11.8 Å². The van der Waals surface area contributed by atoms with E-state index < -0.39 is 0 Å². The lowest BCUT2D eigenvalue weighted by molar-refractivity contribution is -0.147. The first kappa shape index (κ1) is 14.1. The van der Waals surface area contributed by atoms with Crippen LogP contribution in [0.2, 0.25) is 0 Å². The van der Waals surface area contributed by atoms with E-state index >= 15 is 0 Å². The first-order chi connectivity index (χ1) is 8.27. The third kappa shape index (κ3) is 5.26. The van der Waals surface area contributed by atoms with Crippen molar-refractivity contribution in [2.75, 3.05) is 12.4 Å². The fourth-order valence-corrected chi connectivity index (χ4v) is 2.71. The maximum atomic E-state index is 11.6. The Hall–Kier alpha value is -0.960. The molecule has 1 aromatic rings. The molecule has 0 aromatic heterocycles. The summed E-state index contributed by atoms with van der Waals surface area (Å²) >= 11 is 1.79. The minimum Gasteiger partial charge on any atom is -0.466 e. The molecule has 0 bridgehead atoms. The predicted octanol–water partition coefficient (Wildman–Crippen LogP) is 3.51. The molecule has 1 atom stereocenters. The molecule has 0 radical (unpaired) electrons. The van der Waals surface area contributed by atoms with Gasteiger partial charge in [0.15, 0.2) is 0 Å². The van der Waals surface area contributed by atoms with Crippen LogP contribution in [-0.4, -0.2) is 18.3 Å². The van der Waals surface area contributed by atoms with Crippen LogP contribution in [0.5, 0.6) is 0 Å². The van der Waals surface area contributed by atoms with Gasteiger partial charge in [0.25, 0.3) is 0 Å². The summed E-state index contributed by atoms with van der Waals surface area (Å²) in [4.78, 5) is 11.6. The van der Waals surface area contributed by atoms with Gasteiger partial charge in [-0.25, -0.2) is 0 Å². The summed E-state index contributed by atoms with van der Waals surface area (Å²) < 4.78 is 5.05. The van der Waals surface area contributed by atoms with E-state index in [1.807, 2.05) is 32.0 Å². The number of hydrogen-bond acceptors (Lipinski definition) is 3. The number of thioether (sulfide) groups is 1. The zero-order valence-electron chi connectivity index (χ0n) is 10.5. The Bertz CT molecular complexity index is 324. The van der Waals surface area contributed by atoms with Crippen molar-refractivity contribution in [2.24, 2.45) is 5.92 Å². The lowest BCUT2D eigenvalue weighted by atomic mass is 10.1. The zero-order chi connectivity index (χ0) is 12.5. The van der Waals surface area contributed by atoms with Crippen LogP contribution in [0.25, 0.3) is 0 Å². The van der Waals surface area contributed by atoms with Crippen molar-refractivity contribution >= 4 is 17.7 Å². The second-order valence-electron chi connectivity index (χ2n) is 3.86. The number of rotatable bonds is 7. The van der Waals surface area contributed by atoms with Gasteiger partial charge in [-0.1, -0.05) is 37.3 Å². The maximum absolute atomic E-state index is 11.6. The van der Waals surface area contributed by atoms with E-state index in [1.165, 1.54) is 5.56 Å². The van der Waals surface area contributed by atoms with Crippen LogP contribution in [0.3, 0.4) is 0 Å². The van der Waals surface area contributed by atoms with Crippen LogP contribution < -0.4 is 0 Å². The smallest absolute Gasteiger partial charge is 0.309 e. The Kier molecular flexibility index (Phi) is 6.78. The molecular weight excluding hydrogens is 232 g/mol. The Morgan fingerprint density at radius 3 is 2.59 bits per heavy atom. The van der Waals surface area contributed by atoms with Crippen molar-refractivity contribution < 1.29 is 9.53 Å². The number of benzene rings is 1. The number of carbonyl (C=O) groups is 1. The van der Waals surface area contributed by atoms with Gasteiger partial charge in [-0.05, 0) is 18.9 Å². The summed E-state index contributed by atoms with van der Waals surface area (Å²) in [6, 6.07) is 10.3. The Morgan fingerprint density at radius 1 is 1.29 bits per heavy atom. The number of hydrogen-bond donors (Lipinski definition) is 0. The van der Waals surface area contributed by atoms with E-state index in [-0.39, 0.29) is 11.9 Å². The highest BCUT2D eigenvalue weighted by molar-refractivity contribution is 7.98. The molecule has 0 aliphatic heterocycles. The minimum absolute atomic E-state index is 0.0312. The Labute approximate surface area is 108 Å². The van der Waals surface area contributed by atoms with Gasteiger partial charge in [0.2, 0.25) is 0 Å². The topological polar surface area (TPSA) is 26.3 Å². The molecule has 0 saturated carbocycles. The van der Waals surface area contributed by atoms with Gasteiger partial charge in [-0.2, -0.15) is 11.8 Å². The molecule has 1 aromatic carbocycles. The third-order valence-electron chi connectivity index (χ3n) is 2.54. The summed E-state index contributed by atoms with van der Waals surface area (Å²) in [5.41, 5.74) is 1.30. The lowest BCUT2D eigenvalue weighted by Gasteiger charge is -2.12. The average Bonchev–Trinajstić information content (AvgIpc) is 2.36. The van der Waals surface area contributed by atoms with E-state index in [2.05, 4.69) is 12.1 Å². The maximum Gasteiger partial charge on any atom is 0.309 e. The Balaban J connectivity index is 2.31. The summed E-state index contributed by atoms with van der Waals surface area (Å²) in [7, 11) is 0. The normalized spacial score (nSPS) is 12.1. The molecule has 17 heavy (non-hydrogen) atoms. The van der Waals surface area contributed by atoms with Crippen molar-refractivity contribution in [1.29, 1.82) is 0 Å². The summed E-state index contributed by atoms with van der Waals surface area (Å²) in [5.74, 6) is 1.76. The van der Waals surface area contributed by atoms with Crippen LogP contribution in [-0.2, 0) is 15.3 Å². The van der Waals surface area contributed by atoms with Gasteiger partial charge >= 0.3 is 5.97 Å². The van der Waals surface area contributed by atoms with Gasteiger partial charge in [0, 0.05) is 11.5 Å². The van der Waals surface area contributed by atoms with Gasteiger partial charge in [0.1, 0.15) is 0 Å². The van der Waals surface area contributed by atoms with Gasteiger partial charge in [-0.15, -0.1) is 0 Å². The highest BCUT2D eigenvalue weighted by atomic mass is 32.2. The number of ether oxygens (including phenoxy) is 1. The van der Waals surface area contributed by atoms with Gasteiger partial charge < -0.3 is 4.74 Å². The number of carbonyl (C=O) groups excluding carboxylic acids is 1. The van der Waals surface area contributed by atoms with Crippen molar-refractivity contribution in [2.45, 2.75) is 26.0 Å². The van der Waals surface area contributed by atoms with Crippen molar-refractivity contribution in [3.05, 3.63) is 35.9 Å².